The van der Waals surface area contributed by atoms with Gasteiger partial charge in [0.1, 0.15) is 0 Å². The molecule has 0 aromatic heterocycles. The van der Waals surface area contributed by atoms with Crippen LogP contribution in [0.2, 0.25) is 0 Å². The van der Waals surface area contributed by atoms with Crippen molar-refractivity contribution in [2.45, 2.75) is 39.7 Å². The highest BCUT2D eigenvalue weighted by Crippen LogP contribution is 2.17. The van der Waals surface area contributed by atoms with Crippen LogP contribution >= 0.6 is 0 Å². The Labute approximate surface area is 69.8 Å². The van der Waals surface area contributed by atoms with Gasteiger partial charge in [-0.2, -0.15) is 0 Å². The summed E-state index contributed by atoms with van der Waals surface area (Å²) in [5, 5.41) is 9.60. The third-order valence-electron chi connectivity index (χ3n) is 2.21. The molecular weight excluding hydrogens is 138 g/mol. The molecule has 0 heterocycles. The van der Waals surface area contributed by atoms with E-state index in [2.05, 4.69) is 20.8 Å². The molecule has 0 bridgehead atoms. The van der Waals surface area contributed by atoms with E-state index in [-0.39, 0.29) is 12.0 Å². The van der Waals surface area contributed by atoms with E-state index in [4.69, 9.17) is 5.73 Å². The molecule has 0 aliphatic carbocycles. The van der Waals surface area contributed by atoms with Gasteiger partial charge < -0.3 is 10.8 Å². The van der Waals surface area contributed by atoms with Crippen molar-refractivity contribution in [3.8, 4) is 0 Å². The maximum Gasteiger partial charge on any atom is 0.0582 e. The van der Waals surface area contributed by atoms with Crippen LogP contribution in [0.5, 0.6) is 0 Å². The monoisotopic (exact) mass is 159 g/mol. The zero-order chi connectivity index (χ0) is 8.85. The van der Waals surface area contributed by atoms with E-state index >= 15 is 0 Å². The van der Waals surface area contributed by atoms with Gasteiger partial charge in [-0.15, -0.1) is 0 Å². The Morgan fingerprint density at radius 2 is 1.91 bits per heavy atom. The number of rotatable bonds is 5. The summed E-state index contributed by atoms with van der Waals surface area (Å²) in [6.07, 6.45) is 1.70. The molecule has 0 spiro atoms. The number of aliphatic hydroxyl groups excluding tert-OH is 1. The zero-order valence-corrected chi connectivity index (χ0v) is 7.88. The average Bonchev–Trinajstić information content (AvgIpc) is 1.88. The molecule has 2 heteroatoms. The molecule has 0 radical (unpaired) electrons. The summed E-state index contributed by atoms with van der Waals surface area (Å²) in [5.41, 5.74) is 5.54. The van der Waals surface area contributed by atoms with Crippen molar-refractivity contribution >= 4 is 0 Å². The zero-order valence-electron chi connectivity index (χ0n) is 7.88. The Hall–Kier alpha value is -0.0800. The van der Waals surface area contributed by atoms with Crippen LogP contribution in [0, 0.1) is 11.8 Å². The Balaban J connectivity index is 3.81. The van der Waals surface area contributed by atoms with Crippen molar-refractivity contribution in [1.29, 1.82) is 0 Å². The molecule has 0 rings (SSSR count). The minimum Gasteiger partial charge on any atom is -0.393 e. The number of nitrogens with two attached hydrogens (primary N) is 1. The van der Waals surface area contributed by atoms with Gasteiger partial charge in [0, 0.05) is 0 Å². The van der Waals surface area contributed by atoms with E-state index in [9.17, 15) is 5.11 Å². The van der Waals surface area contributed by atoms with Gasteiger partial charge in [-0.1, -0.05) is 27.2 Å². The van der Waals surface area contributed by atoms with E-state index in [0.717, 1.165) is 12.8 Å². The van der Waals surface area contributed by atoms with E-state index in [1.807, 2.05) is 0 Å². The molecule has 2 atom stereocenters. The molecule has 0 aromatic rings. The van der Waals surface area contributed by atoms with Crippen LogP contribution in [-0.4, -0.2) is 17.8 Å². The second-order valence-electron chi connectivity index (χ2n) is 3.50. The third kappa shape index (κ3) is 3.73. The first-order valence-corrected chi connectivity index (χ1v) is 4.51. The van der Waals surface area contributed by atoms with Crippen molar-refractivity contribution in [2.75, 3.05) is 6.54 Å². The highest BCUT2D eigenvalue weighted by molar-refractivity contribution is 4.71. The van der Waals surface area contributed by atoms with Gasteiger partial charge in [0.05, 0.1) is 6.10 Å². The highest BCUT2D eigenvalue weighted by atomic mass is 16.3. The summed E-state index contributed by atoms with van der Waals surface area (Å²) in [4.78, 5) is 0. The maximum atomic E-state index is 9.60. The molecule has 0 saturated heterocycles. The second kappa shape index (κ2) is 5.56. The Bertz CT molecular complexity index is 93.6. The van der Waals surface area contributed by atoms with Crippen LogP contribution in [-0.2, 0) is 0 Å². The van der Waals surface area contributed by atoms with Crippen LogP contribution in [0.3, 0.4) is 0 Å². The van der Waals surface area contributed by atoms with E-state index in [1.54, 1.807) is 0 Å². The van der Waals surface area contributed by atoms with E-state index < -0.39 is 0 Å². The Morgan fingerprint density at radius 3 is 2.18 bits per heavy atom. The molecule has 0 amide bonds. The van der Waals surface area contributed by atoms with Crippen molar-refractivity contribution in [1.82, 2.24) is 0 Å². The number of aliphatic hydroxyl groups is 1. The lowest BCUT2D eigenvalue weighted by atomic mass is 9.88. The molecule has 0 aliphatic heterocycles. The fourth-order valence-electron chi connectivity index (χ4n) is 1.38. The molecule has 68 valence electrons. The van der Waals surface area contributed by atoms with Crippen molar-refractivity contribution in [2.24, 2.45) is 17.6 Å². The molecule has 3 N–H and O–H groups in total. The lowest BCUT2D eigenvalue weighted by molar-refractivity contribution is 0.0777. The van der Waals surface area contributed by atoms with Crippen LogP contribution < -0.4 is 5.73 Å². The topological polar surface area (TPSA) is 46.2 Å². The smallest absolute Gasteiger partial charge is 0.0582 e. The minimum absolute atomic E-state index is 0.204. The third-order valence-corrected chi connectivity index (χ3v) is 2.21. The van der Waals surface area contributed by atoms with Crippen LogP contribution in [0.1, 0.15) is 33.6 Å². The molecule has 0 fully saturated rings. The quantitative estimate of drug-likeness (QED) is 0.636. The van der Waals surface area contributed by atoms with E-state index in [0.29, 0.717) is 12.5 Å². The molecule has 2 nitrogen and oxygen atoms in total. The molecule has 11 heavy (non-hydrogen) atoms. The molecule has 2 unspecified atom stereocenters. The standard InChI is InChI=1S/C9H21NO/c1-4-5-9(11)8(6-10)7(2)3/h7-9,11H,4-6,10H2,1-3H3. The van der Waals surface area contributed by atoms with Crippen molar-refractivity contribution in [3.63, 3.8) is 0 Å². The first kappa shape index (κ1) is 10.9. The lowest BCUT2D eigenvalue weighted by Gasteiger charge is -2.24. The molecule has 0 aliphatic rings. The highest BCUT2D eigenvalue weighted by Gasteiger charge is 2.19. The van der Waals surface area contributed by atoms with Gasteiger partial charge in [0.25, 0.3) is 0 Å². The van der Waals surface area contributed by atoms with Crippen molar-refractivity contribution in [3.05, 3.63) is 0 Å². The summed E-state index contributed by atoms with van der Waals surface area (Å²) in [7, 11) is 0. The average molecular weight is 159 g/mol. The van der Waals surface area contributed by atoms with Crippen LogP contribution in [0.25, 0.3) is 0 Å². The molecular formula is C9H21NO. The van der Waals surface area contributed by atoms with Crippen LogP contribution in [0.15, 0.2) is 0 Å². The summed E-state index contributed by atoms with van der Waals surface area (Å²) in [6, 6.07) is 0. The fourth-order valence-corrected chi connectivity index (χ4v) is 1.38. The van der Waals surface area contributed by atoms with Gasteiger partial charge in [0.15, 0.2) is 0 Å². The predicted octanol–water partition coefficient (Wildman–Crippen LogP) is 1.38. The first-order chi connectivity index (χ1) is 5.13. The van der Waals surface area contributed by atoms with Gasteiger partial charge in [-0.25, -0.2) is 0 Å². The van der Waals surface area contributed by atoms with E-state index in [1.165, 1.54) is 0 Å². The number of hydrogen-bond donors (Lipinski definition) is 2. The summed E-state index contributed by atoms with van der Waals surface area (Å²) >= 11 is 0. The Morgan fingerprint density at radius 1 is 1.36 bits per heavy atom. The van der Waals surface area contributed by atoms with Gasteiger partial charge in [-0.3, -0.25) is 0 Å². The fraction of sp³-hybridized carbons (Fsp3) is 1.00. The second-order valence-corrected chi connectivity index (χ2v) is 3.50. The minimum atomic E-state index is -0.204. The summed E-state index contributed by atoms with van der Waals surface area (Å²) in [5.74, 6) is 0.761. The van der Waals surface area contributed by atoms with Gasteiger partial charge in [0.2, 0.25) is 0 Å². The van der Waals surface area contributed by atoms with Crippen LogP contribution in [0.4, 0.5) is 0 Å². The number of hydrogen-bond acceptors (Lipinski definition) is 2. The first-order valence-electron chi connectivity index (χ1n) is 4.51. The summed E-state index contributed by atoms with van der Waals surface area (Å²) < 4.78 is 0. The lowest BCUT2D eigenvalue weighted by Crippen LogP contribution is -2.31. The van der Waals surface area contributed by atoms with Gasteiger partial charge in [-0.05, 0) is 24.8 Å². The Kier molecular flexibility index (Phi) is 5.51. The van der Waals surface area contributed by atoms with Gasteiger partial charge >= 0.3 is 0 Å². The van der Waals surface area contributed by atoms with Crippen molar-refractivity contribution < 1.29 is 5.11 Å². The molecule has 0 aromatic carbocycles. The summed E-state index contributed by atoms with van der Waals surface area (Å²) in [6.45, 7) is 6.89. The largest absolute Gasteiger partial charge is 0.393 e. The SMILES string of the molecule is CCCC(O)C(CN)C(C)C. The molecule has 0 saturated carbocycles. The predicted molar refractivity (Wildman–Crippen MR) is 48.3 cm³/mol. The maximum absolute atomic E-state index is 9.60. The normalized spacial score (nSPS) is 16.9.